The Morgan fingerprint density at radius 3 is 1.68 bits per heavy atom. The molecule has 0 fully saturated rings. The highest BCUT2D eigenvalue weighted by molar-refractivity contribution is 6.22. The maximum atomic E-state index is 6.33. The quantitative estimate of drug-likeness (QED) is 0.222. The molecule has 0 amide bonds. The Kier molecular flexibility index (Phi) is 4.50. The Morgan fingerprint density at radius 1 is 0.395 bits per heavy atom. The van der Waals surface area contributed by atoms with Crippen molar-refractivity contribution < 1.29 is 4.42 Å². The van der Waals surface area contributed by atoms with Gasteiger partial charge < -0.3 is 4.42 Å². The van der Waals surface area contributed by atoms with Crippen molar-refractivity contribution in [1.82, 2.24) is 0 Å². The van der Waals surface area contributed by atoms with Gasteiger partial charge in [-0.15, -0.1) is 0 Å². The number of fused-ring (bicyclic) bond motifs is 6. The first-order valence-corrected chi connectivity index (χ1v) is 13.1. The summed E-state index contributed by atoms with van der Waals surface area (Å²) < 4.78 is 6.33. The molecule has 0 radical (unpaired) electrons. The van der Waals surface area contributed by atoms with Gasteiger partial charge in [0.05, 0.1) is 0 Å². The van der Waals surface area contributed by atoms with Crippen LogP contribution in [0, 0.1) is 6.92 Å². The van der Waals surface area contributed by atoms with Gasteiger partial charge >= 0.3 is 0 Å². The van der Waals surface area contributed by atoms with Crippen LogP contribution in [-0.4, -0.2) is 0 Å². The number of hydrogen-bond donors (Lipinski definition) is 0. The van der Waals surface area contributed by atoms with Crippen LogP contribution in [0.1, 0.15) is 5.56 Å². The Hall–Kier alpha value is -4.88. The average molecular weight is 485 g/mol. The summed E-state index contributed by atoms with van der Waals surface area (Å²) >= 11 is 0. The van der Waals surface area contributed by atoms with E-state index in [9.17, 15) is 0 Å². The third-order valence-electron chi connectivity index (χ3n) is 7.87. The highest BCUT2D eigenvalue weighted by Crippen LogP contribution is 2.44. The maximum absolute atomic E-state index is 6.33. The molecular weight excluding hydrogens is 460 g/mol. The van der Waals surface area contributed by atoms with Crippen LogP contribution >= 0.6 is 0 Å². The van der Waals surface area contributed by atoms with Crippen molar-refractivity contribution >= 4 is 54.3 Å². The molecule has 1 heterocycles. The SMILES string of the molecule is Cc1ccc2cc3oc4ccc(-c5c6ccccc6c(-c6ccccc6)c6ccccc56)cc4c3cc2c1. The molecule has 0 aliphatic heterocycles. The molecule has 0 unspecified atom stereocenters. The van der Waals surface area contributed by atoms with Crippen molar-refractivity contribution in [2.75, 3.05) is 0 Å². The van der Waals surface area contributed by atoms with Gasteiger partial charge in [0, 0.05) is 10.8 Å². The fraction of sp³-hybridized carbons (Fsp3) is 0.0270. The first-order chi connectivity index (χ1) is 18.7. The minimum Gasteiger partial charge on any atom is -0.456 e. The number of rotatable bonds is 2. The molecule has 178 valence electrons. The molecule has 0 N–H and O–H groups in total. The van der Waals surface area contributed by atoms with Crippen LogP contribution in [0.5, 0.6) is 0 Å². The normalized spacial score (nSPS) is 11.8. The minimum absolute atomic E-state index is 0.922. The Morgan fingerprint density at radius 2 is 1.00 bits per heavy atom. The third-order valence-corrected chi connectivity index (χ3v) is 7.87. The van der Waals surface area contributed by atoms with E-state index in [1.54, 1.807) is 0 Å². The van der Waals surface area contributed by atoms with Gasteiger partial charge in [0.1, 0.15) is 11.2 Å². The van der Waals surface area contributed by atoms with Crippen molar-refractivity contribution in [3.05, 3.63) is 133 Å². The van der Waals surface area contributed by atoms with Crippen molar-refractivity contribution in [2.45, 2.75) is 6.92 Å². The topological polar surface area (TPSA) is 13.1 Å². The summed E-state index contributed by atoms with van der Waals surface area (Å²) in [6.07, 6.45) is 0. The van der Waals surface area contributed by atoms with Crippen molar-refractivity contribution in [1.29, 1.82) is 0 Å². The van der Waals surface area contributed by atoms with E-state index in [1.165, 1.54) is 60.1 Å². The van der Waals surface area contributed by atoms with Crippen molar-refractivity contribution in [3.8, 4) is 22.3 Å². The largest absolute Gasteiger partial charge is 0.456 e. The summed E-state index contributed by atoms with van der Waals surface area (Å²) in [7, 11) is 0. The molecule has 8 rings (SSSR count). The molecular formula is C37H24O. The number of benzene rings is 7. The van der Waals surface area contributed by atoms with Gasteiger partial charge in [0.25, 0.3) is 0 Å². The zero-order chi connectivity index (χ0) is 25.2. The minimum atomic E-state index is 0.922. The zero-order valence-corrected chi connectivity index (χ0v) is 21.0. The molecule has 0 aliphatic rings. The lowest BCUT2D eigenvalue weighted by Crippen LogP contribution is -1.90. The molecule has 0 aliphatic carbocycles. The molecule has 1 aromatic heterocycles. The van der Waals surface area contributed by atoms with Gasteiger partial charge in [-0.3, -0.25) is 0 Å². The molecule has 0 spiro atoms. The van der Waals surface area contributed by atoms with Crippen LogP contribution < -0.4 is 0 Å². The van der Waals surface area contributed by atoms with E-state index >= 15 is 0 Å². The van der Waals surface area contributed by atoms with Crippen molar-refractivity contribution in [2.24, 2.45) is 0 Å². The second-order valence-electron chi connectivity index (χ2n) is 10.2. The number of furan rings is 1. The molecule has 38 heavy (non-hydrogen) atoms. The summed E-state index contributed by atoms with van der Waals surface area (Å²) in [4.78, 5) is 0. The van der Waals surface area contributed by atoms with E-state index in [2.05, 4.69) is 134 Å². The van der Waals surface area contributed by atoms with E-state index in [0.717, 1.165) is 21.9 Å². The third kappa shape index (κ3) is 3.12. The molecule has 1 nitrogen and oxygen atoms in total. The number of hydrogen-bond acceptors (Lipinski definition) is 1. The number of aryl methyl sites for hydroxylation is 1. The Balaban J connectivity index is 1.47. The van der Waals surface area contributed by atoms with Gasteiger partial charge in [0.15, 0.2) is 0 Å². The smallest absolute Gasteiger partial charge is 0.136 e. The molecule has 0 saturated heterocycles. The van der Waals surface area contributed by atoms with Crippen LogP contribution in [0.4, 0.5) is 0 Å². The highest BCUT2D eigenvalue weighted by atomic mass is 16.3. The summed E-state index contributed by atoms with van der Waals surface area (Å²) in [6.45, 7) is 2.14. The van der Waals surface area contributed by atoms with Gasteiger partial charge in [-0.2, -0.15) is 0 Å². The maximum Gasteiger partial charge on any atom is 0.136 e. The van der Waals surface area contributed by atoms with E-state index < -0.39 is 0 Å². The van der Waals surface area contributed by atoms with Crippen LogP contribution in [0.15, 0.2) is 132 Å². The van der Waals surface area contributed by atoms with E-state index in [-0.39, 0.29) is 0 Å². The lowest BCUT2D eigenvalue weighted by Gasteiger charge is -2.17. The molecule has 8 aromatic rings. The lowest BCUT2D eigenvalue weighted by molar-refractivity contribution is 0.669. The zero-order valence-electron chi connectivity index (χ0n) is 21.0. The fourth-order valence-corrected chi connectivity index (χ4v) is 6.15. The Labute approximate surface area is 220 Å². The van der Waals surface area contributed by atoms with Crippen LogP contribution in [0.25, 0.3) is 76.5 Å². The summed E-state index contributed by atoms with van der Waals surface area (Å²) in [6, 6.07) is 46.1. The summed E-state index contributed by atoms with van der Waals surface area (Å²) in [5.74, 6) is 0. The van der Waals surface area contributed by atoms with Gasteiger partial charge in [-0.05, 0) is 85.8 Å². The van der Waals surface area contributed by atoms with Crippen molar-refractivity contribution in [3.63, 3.8) is 0 Å². The first kappa shape index (κ1) is 21.2. The van der Waals surface area contributed by atoms with Gasteiger partial charge in [-0.25, -0.2) is 0 Å². The molecule has 0 atom stereocenters. The van der Waals surface area contributed by atoms with Crippen LogP contribution in [-0.2, 0) is 0 Å². The second-order valence-corrected chi connectivity index (χ2v) is 10.2. The average Bonchev–Trinajstić information content (AvgIpc) is 3.31. The molecule has 0 saturated carbocycles. The van der Waals surface area contributed by atoms with E-state index in [1.807, 2.05) is 0 Å². The van der Waals surface area contributed by atoms with Gasteiger partial charge in [0.2, 0.25) is 0 Å². The Bertz CT molecular complexity index is 2120. The van der Waals surface area contributed by atoms with E-state index in [0.29, 0.717) is 0 Å². The standard InChI is InChI=1S/C37H24O/c1-23-15-16-25-22-35-33(21-27(25)19-23)32-20-26(17-18-34(32)38-35)37-30-13-7-5-11-28(30)36(24-9-3-2-4-10-24)29-12-6-8-14-31(29)37/h2-22H,1H3. The molecule has 0 bridgehead atoms. The van der Waals surface area contributed by atoms with Gasteiger partial charge in [-0.1, -0.05) is 109 Å². The second kappa shape index (κ2) is 8.06. The fourth-order valence-electron chi connectivity index (χ4n) is 6.15. The molecule has 1 heteroatoms. The lowest BCUT2D eigenvalue weighted by atomic mass is 9.86. The first-order valence-electron chi connectivity index (χ1n) is 13.1. The predicted octanol–water partition coefficient (Wildman–Crippen LogP) is 10.7. The van der Waals surface area contributed by atoms with E-state index in [4.69, 9.17) is 4.42 Å². The van der Waals surface area contributed by atoms with Crippen LogP contribution in [0.3, 0.4) is 0 Å². The highest BCUT2D eigenvalue weighted by Gasteiger charge is 2.17. The monoisotopic (exact) mass is 484 g/mol. The predicted molar refractivity (Wildman–Crippen MR) is 162 cm³/mol. The van der Waals surface area contributed by atoms with Crippen LogP contribution in [0.2, 0.25) is 0 Å². The molecule has 7 aromatic carbocycles. The summed E-state index contributed by atoms with van der Waals surface area (Å²) in [5, 5.41) is 9.83. The summed E-state index contributed by atoms with van der Waals surface area (Å²) in [5.41, 5.74) is 8.12.